The Morgan fingerprint density at radius 2 is 1.62 bits per heavy atom. The maximum absolute atomic E-state index is 14.4. The van der Waals surface area contributed by atoms with Crippen molar-refractivity contribution >= 4 is 27.5 Å². The lowest BCUT2D eigenvalue weighted by molar-refractivity contribution is -0.156. The molecule has 2 N–H and O–H groups in total. The number of amides is 1. The summed E-state index contributed by atoms with van der Waals surface area (Å²) in [6, 6.07) is 6.80. The molecule has 3 heterocycles. The van der Waals surface area contributed by atoms with E-state index in [2.05, 4.69) is 0 Å². The predicted molar refractivity (Wildman–Crippen MR) is 153 cm³/mol. The van der Waals surface area contributed by atoms with Crippen LogP contribution in [0.5, 0.6) is 0 Å². The van der Waals surface area contributed by atoms with Crippen molar-refractivity contribution in [1.29, 1.82) is 0 Å². The number of aliphatic hydroxyl groups excluding tert-OH is 1. The summed E-state index contributed by atoms with van der Waals surface area (Å²) >= 11 is 6.04. The van der Waals surface area contributed by atoms with Crippen molar-refractivity contribution in [2.45, 2.75) is 112 Å². The first-order chi connectivity index (χ1) is 19.9. The van der Waals surface area contributed by atoms with Crippen molar-refractivity contribution in [2.75, 3.05) is 0 Å². The molecule has 11 heteroatoms. The lowest BCUT2D eigenvalue weighted by Crippen LogP contribution is -2.59. The van der Waals surface area contributed by atoms with Crippen LogP contribution < -0.4 is 0 Å². The van der Waals surface area contributed by atoms with E-state index in [0.29, 0.717) is 56.4 Å². The monoisotopic (exact) mass is 622 g/mol. The number of halogens is 3. The number of nitrogens with zero attached hydrogens (tertiary/aromatic N) is 2. The number of piperidine rings is 2. The third-order valence-electron chi connectivity index (χ3n) is 10.3. The molecule has 3 aliphatic heterocycles. The van der Waals surface area contributed by atoms with E-state index in [0.717, 1.165) is 31.0 Å². The Labute approximate surface area is 250 Å². The summed E-state index contributed by atoms with van der Waals surface area (Å²) in [7, 11) is -4.25. The maximum Gasteiger partial charge on any atom is 0.252 e. The molecule has 2 bridgehead atoms. The second-order valence-electron chi connectivity index (χ2n) is 12.7. The van der Waals surface area contributed by atoms with E-state index in [-0.39, 0.29) is 22.5 Å². The first-order valence-corrected chi connectivity index (χ1v) is 16.7. The second kappa shape index (κ2) is 10.8. The number of carbonyl (C=O) groups is 1. The average Bonchev–Trinajstić information content (AvgIpc) is 3.71. The molecule has 2 aromatic carbocycles. The molecule has 0 aromatic heterocycles. The molecular formula is C31H37ClF2N2O5S. The Kier molecular flexibility index (Phi) is 7.70. The van der Waals surface area contributed by atoms with Crippen LogP contribution in [0.4, 0.5) is 8.78 Å². The zero-order valence-corrected chi connectivity index (χ0v) is 25.1. The van der Waals surface area contributed by atoms with Gasteiger partial charge in [0.25, 0.3) is 5.91 Å². The molecule has 2 aromatic rings. The van der Waals surface area contributed by atoms with E-state index < -0.39 is 56.8 Å². The number of hydrogen-bond donors (Lipinski definition) is 2. The standard InChI is InChI=1S/C31H37ClF2N2O5S/c1-2-30(39)17-23-8-9-24(18-30)35(23)29(38)28(37)31(12-13-31)27-5-3-4-26(19-14-21(33)16-22(34)15-19)36(27)42(40,41)25-10-6-20(32)7-11-25/h6-7,10-11,14-16,23-24,26-28,37,39H,2-5,8-9,12-13,17-18H2,1H3. The van der Waals surface area contributed by atoms with Gasteiger partial charge in [-0.05, 0) is 106 Å². The molecule has 0 radical (unpaired) electrons. The molecule has 228 valence electrons. The lowest BCUT2D eigenvalue weighted by Gasteiger charge is -2.48. The van der Waals surface area contributed by atoms with Crippen LogP contribution in [0.25, 0.3) is 0 Å². The lowest BCUT2D eigenvalue weighted by atomic mass is 9.80. The highest BCUT2D eigenvalue weighted by molar-refractivity contribution is 7.89. The normalized spacial score (nSPS) is 31.6. The number of carbonyl (C=O) groups excluding carboxylic acids is 1. The third kappa shape index (κ3) is 5.07. The molecule has 4 aliphatic rings. The number of aliphatic hydroxyl groups is 2. The van der Waals surface area contributed by atoms with E-state index in [4.69, 9.17) is 11.6 Å². The van der Waals surface area contributed by atoms with Crippen LogP contribution in [0.1, 0.15) is 82.7 Å². The Morgan fingerprint density at radius 3 is 2.17 bits per heavy atom. The molecule has 0 spiro atoms. The minimum Gasteiger partial charge on any atom is -0.390 e. The summed E-state index contributed by atoms with van der Waals surface area (Å²) in [6.07, 6.45) is 3.76. The van der Waals surface area contributed by atoms with Crippen LogP contribution in [0, 0.1) is 17.0 Å². The van der Waals surface area contributed by atoms with Gasteiger partial charge < -0.3 is 15.1 Å². The van der Waals surface area contributed by atoms with Gasteiger partial charge in [0.2, 0.25) is 10.0 Å². The van der Waals surface area contributed by atoms with E-state index in [1.807, 2.05) is 6.92 Å². The number of sulfonamides is 1. The summed E-state index contributed by atoms with van der Waals surface area (Å²) < 4.78 is 58.8. The Bertz CT molecular complexity index is 1430. The molecule has 5 atom stereocenters. The highest BCUT2D eigenvalue weighted by atomic mass is 35.5. The van der Waals surface area contributed by atoms with Crippen LogP contribution in [-0.2, 0) is 14.8 Å². The zero-order valence-electron chi connectivity index (χ0n) is 23.6. The van der Waals surface area contributed by atoms with Gasteiger partial charge in [-0.1, -0.05) is 18.5 Å². The quantitative estimate of drug-likeness (QED) is 0.435. The molecule has 5 unspecified atom stereocenters. The highest BCUT2D eigenvalue weighted by Crippen LogP contribution is 2.59. The van der Waals surface area contributed by atoms with Crippen LogP contribution in [0.3, 0.4) is 0 Å². The van der Waals surface area contributed by atoms with Gasteiger partial charge in [-0.15, -0.1) is 0 Å². The fourth-order valence-corrected chi connectivity index (χ4v) is 10.0. The Hall–Kier alpha value is -2.11. The van der Waals surface area contributed by atoms with E-state index in [1.165, 1.54) is 28.6 Å². The number of rotatable bonds is 7. The average molecular weight is 623 g/mol. The van der Waals surface area contributed by atoms with Crippen LogP contribution in [-0.4, -0.2) is 63.6 Å². The molecule has 6 rings (SSSR count). The molecule has 1 aliphatic carbocycles. The highest BCUT2D eigenvalue weighted by Gasteiger charge is 2.63. The molecule has 42 heavy (non-hydrogen) atoms. The van der Waals surface area contributed by atoms with E-state index in [9.17, 15) is 32.2 Å². The van der Waals surface area contributed by atoms with Gasteiger partial charge in [0.05, 0.1) is 16.5 Å². The largest absolute Gasteiger partial charge is 0.390 e. The van der Waals surface area contributed by atoms with E-state index in [1.54, 1.807) is 4.90 Å². The van der Waals surface area contributed by atoms with Gasteiger partial charge >= 0.3 is 0 Å². The van der Waals surface area contributed by atoms with Gasteiger partial charge in [-0.2, -0.15) is 4.31 Å². The smallest absolute Gasteiger partial charge is 0.252 e. The van der Waals surface area contributed by atoms with Crippen molar-refractivity contribution in [3.63, 3.8) is 0 Å². The number of benzene rings is 2. The predicted octanol–water partition coefficient (Wildman–Crippen LogP) is 5.34. The van der Waals surface area contributed by atoms with Crippen molar-refractivity contribution in [3.8, 4) is 0 Å². The molecular weight excluding hydrogens is 586 g/mol. The van der Waals surface area contributed by atoms with Gasteiger partial charge in [-0.25, -0.2) is 17.2 Å². The zero-order chi connectivity index (χ0) is 30.0. The van der Waals surface area contributed by atoms with Gasteiger partial charge in [-0.3, -0.25) is 4.79 Å². The SMILES string of the molecule is CCC1(O)CC2CCC(C1)N2C(=O)C(O)C1(C2CCCC(c3cc(F)cc(F)c3)N2S(=O)(=O)c2ccc(Cl)cc2)CC1. The minimum absolute atomic E-state index is 0.0229. The molecule has 4 fully saturated rings. The molecule has 1 saturated carbocycles. The third-order valence-corrected chi connectivity index (χ3v) is 12.4. The Balaban J connectivity index is 1.38. The Morgan fingerprint density at radius 1 is 1.02 bits per heavy atom. The van der Waals surface area contributed by atoms with Crippen molar-refractivity contribution in [1.82, 2.24) is 9.21 Å². The summed E-state index contributed by atoms with van der Waals surface area (Å²) in [5.74, 6) is -2.03. The fourth-order valence-electron chi connectivity index (χ4n) is 7.95. The first-order valence-electron chi connectivity index (χ1n) is 14.9. The van der Waals surface area contributed by atoms with Crippen LogP contribution in [0.2, 0.25) is 5.02 Å². The van der Waals surface area contributed by atoms with E-state index >= 15 is 0 Å². The van der Waals surface area contributed by atoms with Crippen LogP contribution in [0.15, 0.2) is 47.4 Å². The van der Waals surface area contributed by atoms with Crippen LogP contribution >= 0.6 is 11.6 Å². The first kappa shape index (κ1) is 29.9. The second-order valence-corrected chi connectivity index (χ2v) is 15.0. The van der Waals surface area contributed by atoms with Crippen molar-refractivity contribution in [3.05, 3.63) is 64.7 Å². The topological polar surface area (TPSA) is 98.1 Å². The summed E-state index contributed by atoms with van der Waals surface area (Å²) in [4.78, 5) is 15.7. The number of hydrogen-bond acceptors (Lipinski definition) is 5. The molecule has 7 nitrogen and oxygen atoms in total. The molecule has 1 amide bonds. The molecule has 3 saturated heterocycles. The summed E-state index contributed by atoms with van der Waals surface area (Å²) in [5, 5.41) is 23.1. The fraction of sp³-hybridized carbons (Fsp3) is 0.581. The van der Waals surface area contributed by atoms with Crippen molar-refractivity contribution < 1.29 is 32.2 Å². The summed E-state index contributed by atoms with van der Waals surface area (Å²) in [5.41, 5.74) is -1.66. The summed E-state index contributed by atoms with van der Waals surface area (Å²) in [6.45, 7) is 1.94. The van der Waals surface area contributed by atoms with Gasteiger partial charge in [0.15, 0.2) is 0 Å². The number of fused-ring (bicyclic) bond motifs is 2. The van der Waals surface area contributed by atoms with Gasteiger partial charge in [0, 0.05) is 34.6 Å². The van der Waals surface area contributed by atoms with Crippen molar-refractivity contribution in [2.24, 2.45) is 5.41 Å². The maximum atomic E-state index is 14.4. The van der Waals surface area contributed by atoms with Gasteiger partial charge in [0.1, 0.15) is 17.7 Å². The minimum atomic E-state index is -4.25.